The summed E-state index contributed by atoms with van der Waals surface area (Å²) in [5.41, 5.74) is 0.614. The van der Waals surface area contributed by atoms with Crippen molar-refractivity contribution >= 4 is 23.4 Å². The molecule has 2 aliphatic rings. The van der Waals surface area contributed by atoms with Crippen LogP contribution in [0.4, 0.5) is 0 Å². The van der Waals surface area contributed by atoms with E-state index >= 15 is 0 Å². The maximum absolute atomic E-state index is 12.4. The van der Waals surface area contributed by atoms with E-state index in [0.29, 0.717) is 36.8 Å². The number of halogens is 1. The molecule has 1 aliphatic carbocycles. The zero-order valence-corrected chi connectivity index (χ0v) is 13.4. The molecule has 1 aliphatic heterocycles. The number of hydrogen-bond acceptors (Lipinski definition) is 2. The Labute approximate surface area is 136 Å². The van der Waals surface area contributed by atoms with E-state index in [2.05, 4.69) is 0 Å². The minimum atomic E-state index is -0.00420. The third kappa shape index (κ3) is 3.27. The minimum Gasteiger partial charge on any atom is -0.339 e. The van der Waals surface area contributed by atoms with Crippen LogP contribution in [0.25, 0.3) is 0 Å². The van der Waals surface area contributed by atoms with Crippen LogP contribution in [0, 0.1) is 5.92 Å². The van der Waals surface area contributed by atoms with Gasteiger partial charge in [-0.1, -0.05) is 30.5 Å². The van der Waals surface area contributed by atoms with Crippen LogP contribution in [0.3, 0.4) is 0 Å². The van der Waals surface area contributed by atoms with Gasteiger partial charge in [-0.15, -0.1) is 0 Å². The van der Waals surface area contributed by atoms with Gasteiger partial charge in [0.25, 0.3) is 5.91 Å². The van der Waals surface area contributed by atoms with E-state index < -0.39 is 0 Å². The predicted octanol–water partition coefficient (Wildman–Crippen LogP) is 2.81. The summed E-state index contributed by atoms with van der Waals surface area (Å²) in [6.45, 7) is 2.48. The van der Waals surface area contributed by atoms with Gasteiger partial charge in [0.1, 0.15) is 0 Å². The minimum absolute atomic E-state index is 0.00420. The lowest BCUT2D eigenvalue weighted by Crippen LogP contribution is -2.51. The number of piperazine rings is 1. The van der Waals surface area contributed by atoms with E-state index in [4.69, 9.17) is 11.6 Å². The van der Waals surface area contributed by atoms with Gasteiger partial charge in [0.15, 0.2) is 0 Å². The largest absolute Gasteiger partial charge is 0.339 e. The molecule has 2 fully saturated rings. The molecular formula is C17H21ClN2O2. The van der Waals surface area contributed by atoms with Crippen LogP contribution < -0.4 is 0 Å². The van der Waals surface area contributed by atoms with Crippen LogP contribution in [-0.2, 0) is 4.79 Å². The molecule has 2 amide bonds. The van der Waals surface area contributed by atoms with Crippen molar-refractivity contribution in [1.29, 1.82) is 0 Å². The first-order chi connectivity index (χ1) is 10.6. The summed E-state index contributed by atoms with van der Waals surface area (Å²) >= 11 is 5.94. The highest BCUT2D eigenvalue weighted by atomic mass is 35.5. The van der Waals surface area contributed by atoms with E-state index in [1.807, 2.05) is 9.80 Å². The molecule has 5 heteroatoms. The SMILES string of the molecule is O=C(c1cccc(Cl)c1)N1CCN(C(=O)C2CCCC2)CC1. The Morgan fingerprint density at radius 1 is 1.00 bits per heavy atom. The van der Waals surface area contributed by atoms with E-state index in [1.54, 1.807) is 24.3 Å². The second-order valence-corrected chi connectivity index (χ2v) is 6.55. The van der Waals surface area contributed by atoms with E-state index in [1.165, 1.54) is 12.8 Å². The monoisotopic (exact) mass is 320 g/mol. The number of benzene rings is 1. The number of hydrogen-bond donors (Lipinski definition) is 0. The molecule has 0 unspecified atom stereocenters. The van der Waals surface area contributed by atoms with Gasteiger partial charge in [-0.05, 0) is 31.0 Å². The molecular weight excluding hydrogens is 300 g/mol. The van der Waals surface area contributed by atoms with Crippen LogP contribution in [0.15, 0.2) is 24.3 Å². The fraction of sp³-hybridized carbons (Fsp3) is 0.529. The fourth-order valence-corrected chi connectivity index (χ4v) is 3.56. The summed E-state index contributed by atoms with van der Waals surface area (Å²) in [6, 6.07) is 7.02. The van der Waals surface area contributed by atoms with E-state index in [0.717, 1.165) is 12.8 Å². The Kier molecular flexibility index (Phi) is 4.67. The Hall–Kier alpha value is -1.55. The second kappa shape index (κ2) is 6.69. The van der Waals surface area contributed by atoms with Crippen molar-refractivity contribution in [2.24, 2.45) is 5.92 Å². The summed E-state index contributed by atoms with van der Waals surface area (Å²) in [5.74, 6) is 0.498. The molecule has 0 bridgehead atoms. The molecule has 3 rings (SSSR count). The fourth-order valence-electron chi connectivity index (χ4n) is 3.36. The van der Waals surface area contributed by atoms with Gasteiger partial charge in [-0.3, -0.25) is 9.59 Å². The predicted molar refractivity (Wildman–Crippen MR) is 85.9 cm³/mol. The highest BCUT2D eigenvalue weighted by Gasteiger charge is 2.30. The first-order valence-corrected chi connectivity index (χ1v) is 8.36. The van der Waals surface area contributed by atoms with E-state index in [-0.39, 0.29) is 17.7 Å². The molecule has 1 saturated heterocycles. The molecule has 22 heavy (non-hydrogen) atoms. The first kappa shape index (κ1) is 15.3. The van der Waals surface area contributed by atoms with E-state index in [9.17, 15) is 9.59 Å². The van der Waals surface area contributed by atoms with Crippen LogP contribution in [0.1, 0.15) is 36.0 Å². The van der Waals surface area contributed by atoms with Gasteiger partial charge in [0.2, 0.25) is 5.91 Å². The normalized spacial score (nSPS) is 19.5. The highest BCUT2D eigenvalue weighted by Crippen LogP contribution is 2.27. The zero-order chi connectivity index (χ0) is 15.5. The maximum Gasteiger partial charge on any atom is 0.254 e. The Morgan fingerprint density at radius 2 is 1.64 bits per heavy atom. The number of carbonyl (C=O) groups is 2. The average molecular weight is 321 g/mol. The van der Waals surface area contributed by atoms with Crippen molar-refractivity contribution in [3.05, 3.63) is 34.9 Å². The quantitative estimate of drug-likeness (QED) is 0.840. The second-order valence-electron chi connectivity index (χ2n) is 6.11. The van der Waals surface area contributed by atoms with Crippen molar-refractivity contribution in [3.8, 4) is 0 Å². The van der Waals surface area contributed by atoms with Crippen molar-refractivity contribution < 1.29 is 9.59 Å². The molecule has 0 radical (unpaired) electrons. The molecule has 1 aromatic carbocycles. The molecule has 4 nitrogen and oxygen atoms in total. The number of rotatable bonds is 2. The summed E-state index contributed by atoms with van der Waals surface area (Å²) in [7, 11) is 0. The van der Waals surface area contributed by atoms with Crippen molar-refractivity contribution in [3.63, 3.8) is 0 Å². The molecule has 118 valence electrons. The zero-order valence-electron chi connectivity index (χ0n) is 12.6. The molecule has 0 atom stereocenters. The van der Waals surface area contributed by atoms with Gasteiger partial charge in [0, 0.05) is 42.7 Å². The third-order valence-electron chi connectivity index (χ3n) is 4.65. The lowest BCUT2D eigenvalue weighted by molar-refractivity contribution is -0.136. The topological polar surface area (TPSA) is 40.6 Å². The average Bonchev–Trinajstić information content (AvgIpc) is 3.08. The van der Waals surface area contributed by atoms with Gasteiger partial charge < -0.3 is 9.80 Å². The van der Waals surface area contributed by atoms with Gasteiger partial charge in [-0.2, -0.15) is 0 Å². The Morgan fingerprint density at radius 3 is 2.27 bits per heavy atom. The van der Waals surface area contributed by atoms with Gasteiger partial charge >= 0.3 is 0 Å². The standard InChI is InChI=1S/C17H21ClN2O2/c18-15-7-3-6-14(12-15)17(22)20-10-8-19(9-11-20)16(21)13-4-1-2-5-13/h3,6-7,12-13H,1-2,4-5,8-11H2. The summed E-state index contributed by atoms with van der Waals surface area (Å²) in [4.78, 5) is 28.6. The van der Waals surface area contributed by atoms with Gasteiger partial charge in [-0.25, -0.2) is 0 Å². The number of amides is 2. The highest BCUT2D eigenvalue weighted by molar-refractivity contribution is 6.30. The Bertz CT molecular complexity index is 562. The lowest BCUT2D eigenvalue weighted by Gasteiger charge is -2.36. The maximum atomic E-state index is 12.4. The van der Waals surface area contributed by atoms with Crippen molar-refractivity contribution in [1.82, 2.24) is 9.80 Å². The smallest absolute Gasteiger partial charge is 0.254 e. The molecule has 1 aromatic rings. The molecule has 0 aromatic heterocycles. The summed E-state index contributed by atoms with van der Waals surface area (Å²) in [5, 5.41) is 0.570. The molecule has 0 N–H and O–H groups in total. The van der Waals surface area contributed by atoms with Crippen LogP contribution in [-0.4, -0.2) is 47.8 Å². The summed E-state index contributed by atoms with van der Waals surface area (Å²) in [6.07, 6.45) is 4.40. The summed E-state index contributed by atoms with van der Waals surface area (Å²) < 4.78 is 0. The molecule has 1 saturated carbocycles. The van der Waals surface area contributed by atoms with Gasteiger partial charge in [0.05, 0.1) is 0 Å². The molecule has 0 spiro atoms. The van der Waals surface area contributed by atoms with Crippen LogP contribution >= 0.6 is 11.6 Å². The number of carbonyl (C=O) groups excluding carboxylic acids is 2. The number of nitrogens with zero attached hydrogens (tertiary/aromatic N) is 2. The van der Waals surface area contributed by atoms with Crippen LogP contribution in [0.2, 0.25) is 5.02 Å². The Balaban J connectivity index is 1.57. The van der Waals surface area contributed by atoms with Crippen molar-refractivity contribution in [2.75, 3.05) is 26.2 Å². The third-order valence-corrected chi connectivity index (χ3v) is 4.89. The first-order valence-electron chi connectivity index (χ1n) is 7.99. The lowest BCUT2D eigenvalue weighted by atomic mass is 10.1. The molecule has 1 heterocycles. The van der Waals surface area contributed by atoms with Crippen molar-refractivity contribution in [2.45, 2.75) is 25.7 Å². The van der Waals surface area contributed by atoms with Crippen LogP contribution in [0.5, 0.6) is 0 Å².